The first-order chi connectivity index (χ1) is 12.8. The average Bonchev–Trinajstić information content (AvgIpc) is 3.17. The van der Waals surface area contributed by atoms with Crippen LogP contribution in [0.25, 0.3) is 10.6 Å². The molecule has 0 unspecified atom stereocenters. The van der Waals surface area contributed by atoms with Crippen molar-refractivity contribution in [2.45, 2.75) is 37.8 Å². The molecule has 2 aliphatic rings. The number of thiazole rings is 1. The van der Waals surface area contributed by atoms with E-state index < -0.39 is 0 Å². The molecule has 0 radical (unpaired) electrons. The highest BCUT2D eigenvalue weighted by atomic mass is 32.1. The Labute approximate surface area is 157 Å². The highest BCUT2D eigenvalue weighted by Gasteiger charge is 2.35. The van der Waals surface area contributed by atoms with Crippen LogP contribution in [0.2, 0.25) is 0 Å². The smallest absolute Gasteiger partial charge is 0.223 e. The van der Waals surface area contributed by atoms with Crippen molar-refractivity contribution in [3.05, 3.63) is 35.6 Å². The fourth-order valence-electron chi connectivity index (χ4n) is 3.75. The van der Waals surface area contributed by atoms with Crippen molar-refractivity contribution < 1.29 is 9.53 Å². The van der Waals surface area contributed by atoms with Gasteiger partial charge in [0.05, 0.1) is 18.4 Å². The van der Waals surface area contributed by atoms with Crippen LogP contribution in [0.5, 0.6) is 0 Å². The lowest BCUT2D eigenvalue weighted by molar-refractivity contribution is -0.128. The van der Waals surface area contributed by atoms with Crippen molar-refractivity contribution in [3.63, 3.8) is 0 Å². The summed E-state index contributed by atoms with van der Waals surface area (Å²) in [5.74, 6) is 0.255. The van der Waals surface area contributed by atoms with Gasteiger partial charge < -0.3 is 15.4 Å². The summed E-state index contributed by atoms with van der Waals surface area (Å²) in [5, 5.41) is 9.61. The Morgan fingerprint density at radius 3 is 3.27 bits per heavy atom. The Morgan fingerprint density at radius 2 is 2.38 bits per heavy atom. The first-order valence-electron chi connectivity index (χ1n) is 9.27. The first kappa shape index (κ1) is 17.6. The van der Waals surface area contributed by atoms with Crippen molar-refractivity contribution in [1.29, 1.82) is 0 Å². The van der Waals surface area contributed by atoms with Crippen molar-refractivity contribution in [2.75, 3.05) is 19.7 Å². The molecule has 7 heteroatoms. The summed E-state index contributed by atoms with van der Waals surface area (Å²) in [4.78, 5) is 21.3. The van der Waals surface area contributed by atoms with Gasteiger partial charge in [-0.2, -0.15) is 0 Å². The van der Waals surface area contributed by atoms with E-state index in [1.54, 1.807) is 17.5 Å². The first-order valence-corrected chi connectivity index (χ1v) is 10.1. The molecule has 1 saturated heterocycles. The second kappa shape index (κ2) is 8.24. The molecule has 2 aromatic rings. The number of aromatic nitrogens is 2. The number of carbonyl (C=O) groups is 1. The zero-order valence-corrected chi connectivity index (χ0v) is 15.5. The molecule has 0 aromatic carbocycles. The van der Waals surface area contributed by atoms with Gasteiger partial charge in [0.1, 0.15) is 5.01 Å². The Bertz CT molecular complexity index is 736. The van der Waals surface area contributed by atoms with Crippen molar-refractivity contribution in [1.82, 2.24) is 20.6 Å². The van der Waals surface area contributed by atoms with E-state index in [0.29, 0.717) is 12.6 Å². The highest BCUT2D eigenvalue weighted by molar-refractivity contribution is 7.13. The topological polar surface area (TPSA) is 76.1 Å². The molecular formula is C19H24N4O2S. The highest BCUT2D eigenvalue weighted by Crippen LogP contribution is 2.28. The van der Waals surface area contributed by atoms with E-state index in [2.05, 4.69) is 26.0 Å². The average molecular weight is 372 g/mol. The van der Waals surface area contributed by atoms with Gasteiger partial charge in [-0.1, -0.05) is 0 Å². The standard InChI is InChI=1S/C19H24N4O2S/c24-18(13-3-4-17-16(10-13)21-8-9-25-17)22-7-5-15-12-26-19(23-15)14-2-1-6-20-11-14/h1-2,6,11-13,16-17,21H,3-5,7-10H2,(H,22,24)/t13-,16+,17+/m0/s1. The number of pyridine rings is 1. The van der Waals surface area contributed by atoms with Crippen molar-refractivity contribution in [3.8, 4) is 10.6 Å². The number of carbonyl (C=O) groups excluding carboxylic acids is 1. The van der Waals surface area contributed by atoms with Gasteiger partial charge in [0.25, 0.3) is 0 Å². The molecule has 1 amide bonds. The fraction of sp³-hybridized carbons (Fsp3) is 0.526. The molecule has 1 saturated carbocycles. The van der Waals surface area contributed by atoms with Gasteiger partial charge >= 0.3 is 0 Å². The van der Waals surface area contributed by atoms with Gasteiger partial charge in [0.2, 0.25) is 5.91 Å². The summed E-state index contributed by atoms with van der Waals surface area (Å²) in [6, 6.07) is 4.25. The predicted molar refractivity (Wildman–Crippen MR) is 101 cm³/mol. The Hall–Kier alpha value is -1.83. The van der Waals surface area contributed by atoms with E-state index >= 15 is 0 Å². The summed E-state index contributed by atoms with van der Waals surface area (Å²) in [6.07, 6.45) is 7.38. The van der Waals surface area contributed by atoms with Crippen LogP contribution >= 0.6 is 11.3 Å². The van der Waals surface area contributed by atoms with Gasteiger partial charge in [-0.15, -0.1) is 11.3 Å². The van der Waals surface area contributed by atoms with E-state index in [-0.39, 0.29) is 17.9 Å². The maximum Gasteiger partial charge on any atom is 0.223 e. The van der Waals surface area contributed by atoms with Gasteiger partial charge in [0.15, 0.2) is 0 Å². The van der Waals surface area contributed by atoms with Gasteiger partial charge in [-0.25, -0.2) is 4.98 Å². The quantitative estimate of drug-likeness (QED) is 0.840. The van der Waals surface area contributed by atoms with Crippen molar-refractivity contribution in [2.24, 2.45) is 5.92 Å². The van der Waals surface area contributed by atoms with Crippen LogP contribution in [-0.4, -0.2) is 47.7 Å². The molecule has 0 spiro atoms. The SMILES string of the molecule is O=C(NCCc1csc(-c2cccnc2)n1)[C@H]1CC[C@H]2OCCN[C@@H]2C1. The van der Waals surface area contributed by atoms with Crippen LogP contribution in [0.15, 0.2) is 29.9 Å². The van der Waals surface area contributed by atoms with Crippen molar-refractivity contribution >= 4 is 17.2 Å². The van der Waals surface area contributed by atoms with Crippen LogP contribution in [0, 0.1) is 5.92 Å². The van der Waals surface area contributed by atoms with E-state index in [9.17, 15) is 4.79 Å². The van der Waals surface area contributed by atoms with Crippen LogP contribution in [0.1, 0.15) is 25.0 Å². The summed E-state index contributed by atoms with van der Waals surface area (Å²) in [6.45, 7) is 2.30. The number of morpholine rings is 1. The zero-order valence-electron chi connectivity index (χ0n) is 14.7. The van der Waals surface area contributed by atoms with E-state index in [4.69, 9.17) is 4.74 Å². The molecule has 3 atom stereocenters. The number of nitrogens with one attached hydrogen (secondary N) is 2. The Kier molecular flexibility index (Phi) is 5.57. The minimum absolute atomic E-state index is 0.0897. The lowest BCUT2D eigenvalue weighted by atomic mass is 9.82. The van der Waals surface area contributed by atoms with Gasteiger partial charge in [0, 0.05) is 54.8 Å². The largest absolute Gasteiger partial charge is 0.375 e. The van der Waals surface area contributed by atoms with Crippen LogP contribution < -0.4 is 10.6 Å². The number of nitrogens with zero attached hydrogens (tertiary/aromatic N) is 2. The molecule has 138 valence electrons. The summed E-state index contributed by atoms with van der Waals surface area (Å²) in [5.41, 5.74) is 2.05. The number of rotatable bonds is 5. The van der Waals surface area contributed by atoms with Gasteiger partial charge in [-0.05, 0) is 31.4 Å². The Morgan fingerprint density at radius 1 is 1.42 bits per heavy atom. The minimum atomic E-state index is 0.0897. The maximum absolute atomic E-state index is 12.5. The monoisotopic (exact) mass is 372 g/mol. The van der Waals surface area contributed by atoms with Gasteiger partial charge in [-0.3, -0.25) is 9.78 Å². The molecule has 26 heavy (non-hydrogen) atoms. The molecule has 2 fully saturated rings. The van der Waals surface area contributed by atoms with E-state index in [0.717, 1.165) is 55.1 Å². The second-order valence-corrected chi connectivity index (χ2v) is 7.76. The van der Waals surface area contributed by atoms with Crippen LogP contribution in [-0.2, 0) is 16.0 Å². The zero-order chi connectivity index (χ0) is 17.8. The lowest BCUT2D eigenvalue weighted by Crippen LogP contribution is -2.53. The number of fused-ring (bicyclic) bond motifs is 1. The van der Waals surface area contributed by atoms with E-state index in [1.165, 1.54) is 0 Å². The molecule has 0 bridgehead atoms. The summed E-state index contributed by atoms with van der Waals surface area (Å²) < 4.78 is 5.78. The molecule has 2 aromatic heterocycles. The molecule has 4 rings (SSSR count). The maximum atomic E-state index is 12.5. The van der Waals surface area contributed by atoms with E-state index in [1.807, 2.05) is 18.3 Å². The molecule has 2 N–H and O–H groups in total. The number of ether oxygens (including phenoxy) is 1. The molecule has 6 nitrogen and oxygen atoms in total. The number of amides is 1. The predicted octanol–water partition coefficient (Wildman–Crippen LogP) is 2.02. The number of hydrogen-bond donors (Lipinski definition) is 2. The fourth-order valence-corrected chi connectivity index (χ4v) is 4.60. The molecule has 1 aliphatic carbocycles. The lowest BCUT2D eigenvalue weighted by Gasteiger charge is -2.39. The number of hydrogen-bond acceptors (Lipinski definition) is 6. The third-order valence-corrected chi connectivity index (χ3v) is 6.08. The molecule has 3 heterocycles. The third kappa shape index (κ3) is 4.11. The molecular weight excluding hydrogens is 348 g/mol. The summed E-state index contributed by atoms with van der Waals surface area (Å²) in [7, 11) is 0. The summed E-state index contributed by atoms with van der Waals surface area (Å²) >= 11 is 1.62. The minimum Gasteiger partial charge on any atom is -0.375 e. The normalized spacial score (nSPS) is 25.5. The molecule has 1 aliphatic heterocycles. The second-order valence-electron chi connectivity index (χ2n) is 6.91. The van der Waals surface area contributed by atoms with Crippen LogP contribution in [0.3, 0.4) is 0 Å². The van der Waals surface area contributed by atoms with Crippen LogP contribution in [0.4, 0.5) is 0 Å². The Balaban J connectivity index is 1.24. The third-order valence-electron chi connectivity index (χ3n) is 5.14.